The number of hydrogen-bond acceptors (Lipinski definition) is 0. The van der Waals surface area contributed by atoms with Crippen LogP contribution in [0.2, 0.25) is 0 Å². The quantitative estimate of drug-likeness (QED) is 0.513. The Kier molecular flexibility index (Phi) is 4.60. The maximum absolute atomic E-state index is 5.10. The Labute approximate surface area is 67.0 Å². The molecular formula is C4Cl4. The molecule has 0 amide bonds. The fourth-order valence-electron chi connectivity index (χ4n) is 0.0945. The molecule has 0 nitrogen and oxygen atoms in total. The molecule has 0 radical (unpaired) electrons. The van der Waals surface area contributed by atoms with E-state index in [0.717, 1.165) is 0 Å². The van der Waals surface area contributed by atoms with Gasteiger partial charge in [-0.1, -0.05) is 46.4 Å². The van der Waals surface area contributed by atoms with Gasteiger partial charge in [0, 0.05) is 0 Å². The van der Waals surface area contributed by atoms with E-state index in [9.17, 15) is 0 Å². The minimum atomic E-state index is -0.0520. The van der Waals surface area contributed by atoms with Gasteiger partial charge < -0.3 is 0 Å². The lowest BCUT2D eigenvalue weighted by Gasteiger charge is -1.65. The molecule has 0 unspecified atom stereocenters. The van der Waals surface area contributed by atoms with E-state index in [0.29, 0.717) is 0 Å². The fourth-order valence-corrected chi connectivity index (χ4v) is 0.283. The Morgan fingerprint density at radius 3 is 1.12 bits per heavy atom. The Bertz CT molecular complexity index is 140. The first-order valence-electron chi connectivity index (χ1n) is 1.51. The van der Waals surface area contributed by atoms with Crippen LogP contribution in [0.5, 0.6) is 0 Å². The van der Waals surface area contributed by atoms with Crippen molar-refractivity contribution < 1.29 is 0 Å². The molecule has 4 heteroatoms. The highest BCUT2D eigenvalue weighted by molar-refractivity contribution is 6.56. The second-order valence-electron chi connectivity index (χ2n) is 0.771. The third-order valence-electron chi connectivity index (χ3n) is 0.251. The first-order chi connectivity index (χ1) is 3.63. The molecule has 0 saturated carbocycles. The van der Waals surface area contributed by atoms with Crippen molar-refractivity contribution in [2.24, 2.45) is 0 Å². The van der Waals surface area contributed by atoms with Gasteiger partial charge in [-0.15, -0.1) is 0 Å². The monoisotopic (exact) mass is 188 g/mol. The third-order valence-corrected chi connectivity index (χ3v) is 0.629. The zero-order valence-corrected chi connectivity index (χ0v) is 6.54. The summed E-state index contributed by atoms with van der Waals surface area (Å²) in [4.78, 5) is 0. The van der Waals surface area contributed by atoms with Crippen LogP contribution in [0.3, 0.4) is 0 Å². The zero-order chi connectivity index (χ0) is 6.57. The molecule has 0 aliphatic carbocycles. The molecule has 0 saturated heterocycles. The number of rotatable bonds is 0. The summed E-state index contributed by atoms with van der Waals surface area (Å²) in [6.45, 7) is 0. The molecule has 0 spiro atoms. The highest BCUT2D eigenvalue weighted by Crippen LogP contribution is 2.05. The lowest BCUT2D eigenvalue weighted by molar-refractivity contribution is 2.18. The van der Waals surface area contributed by atoms with Crippen LogP contribution in [0, 0.1) is 0 Å². The van der Waals surface area contributed by atoms with Gasteiger partial charge in [0.05, 0.1) is 0 Å². The lowest BCUT2D eigenvalue weighted by Crippen LogP contribution is -1.40. The topological polar surface area (TPSA) is 0 Å². The summed E-state index contributed by atoms with van der Waals surface area (Å²) in [6.07, 6.45) is 0. The van der Waals surface area contributed by atoms with Crippen molar-refractivity contribution >= 4 is 46.4 Å². The predicted octanol–water partition coefficient (Wildman–Crippen LogP) is 3.38. The van der Waals surface area contributed by atoms with E-state index in [2.05, 4.69) is 11.5 Å². The van der Waals surface area contributed by atoms with Crippen molar-refractivity contribution in [3.05, 3.63) is 20.4 Å². The Balaban J connectivity index is 4.47. The van der Waals surface area contributed by atoms with Crippen LogP contribution in [-0.4, -0.2) is 0 Å². The van der Waals surface area contributed by atoms with Crippen molar-refractivity contribution in [2.45, 2.75) is 0 Å². The standard InChI is InChI=1S/C4Cl4/c5-3(6)1-2-4(7)8. The molecule has 8 heavy (non-hydrogen) atoms. The van der Waals surface area contributed by atoms with Crippen molar-refractivity contribution in [2.75, 3.05) is 0 Å². The summed E-state index contributed by atoms with van der Waals surface area (Å²) in [7, 11) is 0. The Morgan fingerprint density at radius 1 is 0.750 bits per heavy atom. The van der Waals surface area contributed by atoms with Crippen molar-refractivity contribution in [1.29, 1.82) is 0 Å². The second-order valence-corrected chi connectivity index (χ2v) is 2.67. The largest absolute Gasteiger partial charge is 0.156 e. The van der Waals surface area contributed by atoms with Gasteiger partial charge in [-0.3, -0.25) is 0 Å². The number of hydrogen-bond donors (Lipinski definition) is 0. The highest BCUT2D eigenvalue weighted by Gasteiger charge is 1.74. The summed E-state index contributed by atoms with van der Waals surface area (Å²) < 4.78 is -0.104. The first kappa shape index (κ1) is 8.46. The van der Waals surface area contributed by atoms with Gasteiger partial charge in [-0.25, -0.2) is 0 Å². The van der Waals surface area contributed by atoms with E-state index in [4.69, 9.17) is 46.4 Å². The number of halogens is 4. The van der Waals surface area contributed by atoms with Crippen LogP contribution >= 0.6 is 46.4 Å². The summed E-state index contributed by atoms with van der Waals surface area (Å²) in [5, 5.41) is 0. The van der Waals surface area contributed by atoms with E-state index in [1.165, 1.54) is 0 Å². The van der Waals surface area contributed by atoms with Crippen LogP contribution in [-0.2, 0) is 0 Å². The van der Waals surface area contributed by atoms with E-state index in [1.807, 2.05) is 0 Å². The van der Waals surface area contributed by atoms with Gasteiger partial charge in [-0.05, 0) is 11.5 Å². The first-order valence-corrected chi connectivity index (χ1v) is 3.02. The van der Waals surface area contributed by atoms with Gasteiger partial charge >= 0.3 is 0 Å². The zero-order valence-electron chi connectivity index (χ0n) is 3.51. The van der Waals surface area contributed by atoms with Crippen LogP contribution < -0.4 is 0 Å². The molecule has 0 aromatic heterocycles. The van der Waals surface area contributed by atoms with E-state index in [1.54, 1.807) is 0 Å². The van der Waals surface area contributed by atoms with Gasteiger partial charge in [0.1, 0.15) is 0 Å². The maximum atomic E-state index is 5.10. The molecule has 0 atom stereocenters. The van der Waals surface area contributed by atoms with Gasteiger partial charge in [-0.2, -0.15) is 0 Å². The van der Waals surface area contributed by atoms with E-state index < -0.39 is 0 Å². The minimum Gasteiger partial charge on any atom is -0.0608 e. The fraction of sp³-hybridized carbons (Fsp3) is 0. The lowest BCUT2D eigenvalue weighted by atomic mass is 10.8. The van der Waals surface area contributed by atoms with E-state index in [-0.39, 0.29) is 8.98 Å². The highest BCUT2D eigenvalue weighted by atomic mass is 35.5. The summed E-state index contributed by atoms with van der Waals surface area (Å²) in [5.74, 6) is 0. The predicted molar refractivity (Wildman–Crippen MR) is 37.5 cm³/mol. The molecule has 0 aliphatic rings. The van der Waals surface area contributed by atoms with Crippen molar-refractivity contribution in [1.82, 2.24) is 0 Å². The summed E-state index contributed by atoms with van der Waals surface area (Å²) >= 11 is 20.4. The molecule has 0 bridgehead atoms. The molecule has 44 valence electrons. The molecule has 0 rings (SSSR count). The summed E-state index contributed by atoms with van der Waals surface area (Å²) in [6, 6.07) is 0. The molecule has 0 heterocycles. The average Bonchev–Trinajstić information content (AvgIpc) is 1.61. The van der Waals surface area contributed by atoms with Gasteiger partial charge in [0.25, 0.3) is 0 Å². The average molecular weight is 190 g/mol. The van der Waals surface area contributed by atoms with Crippen LogP contribution in [0.4, 0.5) is 0 Å². The van der Waals surface area contributed by atoms with Crippen molar-refractivity contribution in [3.63, 3.8) is 0 Å². The van der Waals surface area contributed by atoms with Crippen molar-refractivity contribution in [3.8, 4) is 0 Å². The minimum absolute atomic E-state index is 0.0520. The van der Waals surface area contributed by atoms with Crippen LogP contribution in [0.15, 0.2) is 20.4 Å². The van der Waals surface area contributed by atoms with E-state index >= 15 is 0 Å². The SMILES string of the molecule is ClC(Cl)=C=C=C(Cl)Cl. The molecule has 0 aliphatic heterocycles. The normalized spacial score (nSPS) is 7.00. The van der Waals surface area contributed by atoms with Crippen LogP contribution in [0.1, 0.15) is 0 Å². The third kappa shape index (κ3) is 6.46. The van der Waals surface area contributed by atoms with Gasteiger partial charge in [0.15, 0.2) is 8.98 Å². The van der Waals surface area contributed by atoms with Crippen LogP contribution in [0.25, 0.3) is 0 Å². The Morgan fingerprint density at radius 2 is 1.00 bits per heavy atom. The van der Waals surface area contributed by atoms with Gasteiger partial charge in [0.2, 0.25) is 0 Å². The summed E-state index contributed by atoms with van der Waals surface area (Å²) in [5.41, 5.74) is 4.48. The molecule has 0 aromatic carbocycles. The smallest absolute Gasteiger partial charge is 0.0608 e. The Hall–Kier alpha value is 0.460. The maximum Gasteiger partial charge on any atom is 0.156 e. The molecular weight excluding hydrogens is 190 g/mol. The molecule has 0 aromatic rings. The molecule has 0 N–H and O–H groups in total. The second kappa shape index (κ2) is 4.35. The molecule has 0 fully saturated rings.